The number of piperidine rings is 1. The van der Waals surface area contributed by atoms with Gasteiger partial charge in [0.05, 0.1) is 9.80 Å². The Labute approximate surface area is 116 Å². The summed E-state index contributed by atoms with van der Waals surface area (Å²) in [6.45, 7) is 5.32. The monoisotopic (exact) mass is 282 g/mol. The predicted octanol–water partition coefficient (Wildman–Crippen LogP) is 3.49. The highest BCUT2D eigenvalue weighted by Crippen LogP contribution is 2.39. The van der Waals surface area contributed by atoms with E-state index in [-0.39, 0.29) is 16.4 Å². The van der Waals surface area contributed by atoms with E-state index in [2.05, 4.69) is 11.8 Å². The summed E-state index contributed by atoms with van der Waals surface area (Å²) in [6.07, 6.45) is 3.31. The topological polar surface area (TPSA) is 63.5 Å². The average molecular weight is 282 g/mol. The highest BCUT2D eigenvalue weighted by atomic mass is 32.1. The molecule has 5 nitrogen and oxygen atoms in total. The summed E-state index contributed by atoms with van der Waals surface area (Å²) in [6, 6.07) is 1.41. The van der Waals surface area contributed by atoms with Gasteiger partial charge in [-0.05, 0) is 25.7 Å². The smallest absolute Gasteiger partial charge is 0.304 e. The molecule has 0 aliphatic carbocycles. The minimum Gasteiger partial charge on any atom is -0.358 e. The van der Waals surface area contributed by atoms with Crippen LogP contribution in [-0.2, 0) is 0 Å². The van der Waals surface area contributed by atoms with E-state index in [9.17, 15) is 14.9 Å². The number of thiophene rings is 1. The molecule has 2 heterocycles. The van der Waals surface area contributed by atoms with Gasteiger partial charge in [0.2, 0.25) is 0 Å². The van der Waals surface area contributed by atoms with Crippen LogP contribution in [0.4, 0.5) is 10.7 Å². The lowest BCUT2D eigenvalue weighted by atomic mass is 9.94. The molecule has 0 radical (unpaired) electrons. The average Bonchev–Trinajstić information content (AvgIpc) is 2.84. The molecule has 0 amide bonds. The molecule has 1 saturated heterocycles. The molecule has 1 aliphatic heterocycles. The number of anilines is 1. The first-order valence-corrected chi connectivity index (χ1v) is 7.38. The third kappa shape index (κ3) is 2.94. The van der Waals surface area contributed by atoms with E-state index in [1.807, 2.05) is 0 Å². The van der Waals surface area contributed by atoms with E-state index in [4.69, 9.17) is 0 Å². The van der Waals surface area contributed by atoms with Crippen molar-refractivity contribution in [3.63, 3.8) is 0 Å². The van der Waals surface area contributed by atoms with E-state index in [1.54, 1.807) is 0 Å². The number of rotatable bonds is 4. The summed E-state index contributed by atoms with van der Waals surface area (Å²) in [7, 11) is 0. The van der Waals surface area contributed by atoms with Gasteiger partial charge in [0.1, 0.15) is 0 Å². The zero-order valence-electron chi connectivity index (χ0n) is 11.2. The number of carbonyl (C=O) groups is 1. The van der Waals surface area contributed by atoms with Crippen molar-refractivity contribution < 1.29 is 9.72 Å². The lowest BCUT2D eigenvalue weighted by Crippen LogP contribution is -2.33. The molecule has 0 N–H and O–H groups in total. The third-order valence-electron chi connectivity index (χ3n) is 3.72. The van der Waals surface area contributed by atoms with Gasteiger partial charge in [-0.1, -0.05) is 13.3 Å². The summed E-state index contributed by atoms with van der Waals surface area (Å²) in [4.78, 5) is 24.6. The van der Waals surface area contributed by atoms with Crippen LogP contribution in [0.5, 0.6) is 0 Å². The third-order valence-corrected chi connectivity index (χ3v) is 5.00. The van der Waals surface area contributed by atoms with Gasteiger partial charge in [-0.3, -0.25) is 14.9 Å². The van der Waals surface area contributed by atoms with Crippen molar-refractivity contribution in [3.8, 4) is 0 Å². The van der Waals surface area contributed by atoms with Crippen molar-refractivity contribution in [1.82, 2.24) is 0 Å². The lowest BCUT2D eigenvalue weighted by Gasteiger charge is -2.31. The second kappa shape index (κ2) is 5.69. The van der Waals surface area contributed by atoms with Crippen LogP contribution in [0.1, 0.15) is 42.8 Å². The van der Waals surface area contributed by atoms with Gasteiger partial charge in [0, 0.05) is 19.2 Å². The van der Waals surface area contributed by atoms with Gasteiger partial charge in [0.15, 0.2) is 10.8 Å². The molecule has 1 fully saturated rings. The van der Waals surface area contributed by atoms with Gasteiger partial charge in [-0.15, -0.1) is 11.3 Å². The van der Waals surface area contributed by atoms with Gasteiger partial charge in [0.25, 0.3) is 0 Å². The van der Waals surface area contributed by atoms with Gasteiger partial charge < -0.3 is 4.90 Å². The molecule has 6 heteroatoms. The van der Waals surface area contributed by atoms with Crippen LogP contribution >= 0.6 is 11.3 Å². The van der Waals surface area contributed by atoms with E-state index >= 15 is 0 Å². The van der Waals surface area contributed by atoms with Gasteiger partial charge in [-0.25, -0.2) is 0 Å². The van der Waals surface area contributed by atoms with Crippen molar-refractivity contribution >= 4 is 27.8 Å². The fourth-order valence-electron chi connectivity index (χ4n) is 2.45. The van der Waals surface area contributed by atoms with Crippen LogP contribution in [0.2, 0.25) is 0 Å². The fourth-order valence-corrected chi connectivity index (χ4v) is 3.52. The number of hydrogen-bond acceptors (Lipinski definition) is 5. The Kier molecular flexibility index (Phi) is 4.19. The SMILES string of the molecule is CCC1CCN(c2sc(C(C)=O)cc2[N+](=O)[O-])CC1. The number of ketones is 1. The van der Waals surface area contributed by atoms with Gasteiger partial charge in [-0.2, -0.15) is 0 Å². The maximum absolute atomic E-state index is 11.4. The number of nitro groups is 1. The molecule has 0 saturated carbocycles. The quantitative estimate of drug-likeness (QED) is 0.482. The standard InChI is InChI=1S/C13H18N2O3S/c1-3-10-4-6-14(7-5-10)13-11(15(17)18)8-12(19-13)9(2)16/h8,10H,3-7H2,1-2H3. The zero-order valence-corrected chi connectivity index (χ0v) is 12.0. The molecule has 0 bridgehead atoms. The lowest BCUT2D eigenvalue weighted by molar-refractivity contribution is -0.383. The van der Waals surface area contributed by atoms with E-state index in [1.165, 1.54) is 30.7 Å². The Morgan fingerprint density at radius 2 is 2.16 bits per heavy atom. The highest BCUT2D eigenvalue weighted by molar-refractivity contribution is 7.18. The summed E-state index contributed by atoms with van der Waals surface area (Å²) in [5.74, 6) is 0.616. The maximum atomic E-state index is 11.4. The minimum absolute atomic E-state index is 0.0742. The molecular formula is C13H18N2O3S. The Hall–Kier alpha value is -1.43. The predicted molar refractivity (Wildman–Crippen MR) is 76.2 cm³/mol. The molecule has 2 rings (SSSR count). The second-order valence-electron chi connectivity index (χ2n) is 4.95. The molecular weight excluding hydrogens is 264 g/mol. The van der Waals surface area contributed by atoms with Crippen molar-refractivity contribution in [2.45, 2.75) is 33.1 Å². The summed E-state index contributed by atoms with van der Waals surface area (Å²) >= 11 is 1.25. The first kappa shape index (κ1) is 14.0. The van der Waals surface area contributed by atoms with Crippen molar-refractivity contribution in [3.05, 3.63) is 21.1 Å². The molecule has 104 valence electrons. The second-order valence-corrected chi connectivity index (χ2v) is 5.98. The van der Waals surface area contributed by atoms with Crippen LogP contribution < -0.4 is 4.90 Å². The normalized spacial score (nSPS) is 16.6. The van der Waals surface area contributed by atoms with Crippen molar-refractivity contribution in [2.24, 2.45) is 5.92 Å². The fraction of sp³-hybridized carbons (Fsp3) is 0.615. The molecule has 0 spiro atoms. The van der Waals surface area contributed by atoms with Crippen LogP contribution in [0.3, 0.4) is 0 Å². The molecule has 1 aromatic rings. The van der Waals surface area contributed by atoms with Crippen LogP contribution in [0.25, 0.3) is 0 Å². The van der Waals surface area contributed by atoms with E-state index in [0.29, 0.717) is 9.88 Å². The minimum atomic E-state index is -0.385. The Morgan fingerprint density at radius 3 is 2.63 bits per heavy atom. The molecule has 1 aliphatic rings. The van der Waals surface area contributed by atoms with Crippen LogP contribution in [-0.4, -0.2) is 23.8 Å². The largest absolute Gasteiger partial charge is 0.358 e. The van der Waals surface area contributed by atoms with Crippen LogP contribution in [0, 0.1) is 16.0 Å². The highest BCUT2D eigenvalue weighted by Gasteiger charge is 2.28. The number of hydrogen-bond donors (Lipinski definition) is 0. The van der Waals surface area contributed by atoms with Crippen molar-refractivity contribution in [1.29, 1.82) is 0 Å². The zero-order chi connectivity index (χ0) is 14.0. The van der Waals surface area contributed by atoms with E-state index < -0.39 is 0 Å². The number of nitrogens with zero attached hydrogens (tertiary/aromatic N) is 2. The number of carbonyl (C=O) groups excluding carboxylic acids is 1. The first-order valence-electron chi connectivity index (χ1n) is 6.57. The summed E-state index contributed by atoms with van der Waals surface area (Å²) in [5, 5.41) is 11.7. The molecule has 0 atom stereocenters. The first-order chi connectivity index (χ1) is 9.02. The maximum Gasteiger partial charge on any atom is 0.304 e. The summed E-state index contributed by atoms with van der Waals surface area (Å²) < 4.78 is 0. The van der Waals surface area contributed by atoms with E-state index in [0.717, 1.165) is 31.8 Å². The van der Waals surface area contributed by atoms with Crippen LogP contribution in [0.15, 0.2) is 6.07 Å². The van der Waals surface area contributed by atoms with Gasteiger partial charge >= 0.3 is 5.69 Å². The number of Topliss-reactive ketones (excluding diaryl/α,β-unsaturated/α-hetero) is 1. The molecule has 1 aromatic heterocycles. The Bertz CT molecular complexity index is 490. The Balaban J connectivity index is 2.24. The molecule has 0 unspecified atom stereocenters. The Morgan fingerprint density at radius 1 is 1.53 bits per heavy atom. The van der Waals surface area contributed by atoms with Crippen molar-refractivity contribution in [2.75, 3.05) is 18.0 Å². The summed E-state index contributed by atoms with van der Waals surface area (Å²) in [5.41, 5.74) is 0.0742. The molecule has 19 heavy (non-hydrogen) atoms. The molecule has 0 aromatic carbocycles.